The third kappa shape index (κ3) is 3.71. The van der Waals surface area contributed by atoms with Crippen molar-refractivity contribution in [2.24, 2.45) is 0 Å². The second-order valence-corrected chi connectivity index (χ2v) is 5.25. The Hall–Kier alpha value is -2.77. The van der Waals surface area contributed by atoms with Crippen LogP contribution in [0.5, 0.6) is 0 Å². The highest BCUT2D eigenvalue weighted by Gasteiger charge is 2.20. The molecule has 0 radical (unpaired) electrons. The van der Waals surface area contributed by atoms with Gasteiger partial charge in [-0.3, -0.25) is 0 Å². The van der Waals surface area contributed by atoms with E-state index in [0.717, 1.165) is 31.7 Å². The molecular weight excluding hydrogens is 296 g/mol. The summed E-state index contributed by atoms with van der Waals surface area (Å²) < 4.78 is 4.67. The first-order valence-corrected chi connectivity index (χ1v) is 7.44. The third-order valence-corrected chi connectivity index (χ3v) is 3.80. The molecule has 1 aliphatic rings. The summed E-state index contributed by atoms with van der Waals surface area (Å²) in [6.45, 7) is 1.81. The fourth-order valence-corrected chi connectivity index (χ4v) is 2.59. The van der Waals surface area contributed by atoms with Crippen LogP contribution < -0.4 is 10.2 Å². The van der Waals surface area contributed by atoms with Crippen molar-refractivity contribution in [3.63, 3.8) is 0 Å². The number of carbonyl (C=O) groups is 1. The molecule has 0 atom stereocenters. The standard InChI is InChI=1S/C15H18N6O2/c1-23-15(22)12-8-13(18-10-17-12)20-11-3-6-21(7-4-11)14-2-5-16-9-19-14/h2,5,8-11H,3-4,6-7H2,1H3,(H,17,18,20). The summed E-state index contributed by atoms with van der Waals surface area (Å²) in [5.74, 6) is 1.13. The number of anilines is 2. The van der Waals surface area contributed by atoms with E-state index < -0.39 is 5.97 Å². The Bertz CT molecular complexity index is 658. The van der Waals surface area contributed by atoms with Crippen LogP contribution in [0, 0.1) is 0 Å². The highest BCUT2D eigenvalue weighted by Crippen LogP contribution is 2.19. The van der Waals surface area contributed by atoms with E-state index in [0.29, 0.717) is 11.9 Å². The quantitative estimate of drug-likeness (QED) is 0.840. The molecule has 1 aliphatic heterocycles. The summed E-state index contributed by atoms with van der Waals surface area (Å²) >= 11 is 0. The van der Waals surface area contributed by atoms with Crippen molar-refractivity contribution in [3.05, 3.63) is 36.7 Å². The van der Waals surface area contributed by atoms with Gasteiger partial charge in [-0.2, -0.15) is 0 Å². The van der Waals surface area contributed by atoms with E-state index in [1.165, 1.54) is 13.4 Å². The lowest BCUT2D eigenvalue weighted by Gasteiger charge is -2.33. The highest BCUT2D eigenvalue weighted by atomic mass is 16.5. The van der Waals surface area contributed by atoms with E-state index in [9.17, 15) is 4.79 Å². The Morgan fingerprint density at radius 3 is 2.78 bits per heavy atom. The summed E-state index contributed by atoms with van der Waals surface area (Å²) in [5.41, 5.74) is 0.253. The predicted octanol–water partition coefficient (Wildman–Crippen LogP) is 1.13. The Morgan fingerprint density at radius 2 is 2.09 bits per heavy atom. The molecule has 1 N–H and O–H groups in total. The first kappa shape index (κ1) is 15.1. The topological polar surface area (TPSA) is 93.1 Å². The van der Waals surface area contributed by atoms with Crippen LogP contribution in [0.25, 0.3) is 0 Å². The predicted molar refractivity (Wildman–Crippen MR) is 84.3 cm³/mol. The first-order valence-electron chi connectivity index (χ1n) is 7.44. The molecule has 8 heteroatoms. The number of carbonyl (C=O) groups excluding carboxylic acids is 1. The molecule has 0 unspecified atom stereocenters. The van der Waals surface area contributed by atoms with Gasteiger partial charge in [0.05, 0.1) is 7.11 Å². The molecule has 3 rings (SSSR count). The molecular formula is C15H18N6O2. The van der Waals surface area contributed by atoms with Crippen LogP contribution in [0.2, 0.25) is 0 Å². The molecule has 2 aromatic heterocycles. The normalized spacial score (nSPS) is 15.3. The Morgan fingerprint density at radius 1 is 1.26 bits per heavy atom. The van der Waals surface area contributed by atoms with Gasteiger partial charge in [0.25, 0.3) is 0 Å². The molecule has 23 heavy (non-hydrogen) atoms. The number of nitrogens with one attached hydrogen (secondary N) is 1. The van der Waals surface area contributed by atoms with Crippen LogP contribution in [0.15, 0.2) is 31.0 Å². The van der Waals surface area contributed by atoms with Gasteiger partial charge in [-0.15, -0.1) is 0 Å². The Balaban J connectivity index is 1.58. The highest BCUT2D eigenvalue weighted by molar-refractivity contribution is 5.87. The molecule has 120 valence electrons. The van der Waals surface area contributed by atoms with Gasteiger partial charge in [0.1, 0.15) is 24.3 Å². The summed E-state index contributed by atoms with van der Waals surface area (Å²) in [5, 5.41) is 3.35. The van der Waals surface area contributed by atoms with Crippen LogP contribution in [0.4, 0.5) is 11.6 Å². The maximum absolute atomic E-state index is 11.5. The van der Waals surface area contributed by atoms with E-state index >= 15 is 0 Å². The number of piperidine rings is 1. The SMILES string of the molecule is COC(=O)c1cc(NC2CCN(c3ccncn3)CC2)ncn1. The molecule has 0 spiro atoms. The number of ether oxygens (including phenoxy) is 1. The zero-order valence-electron chi connectivity index (χ0n) is 12.8. The molecule has 0 aliphatic carbocycles. The summed E-state index contributed by atoms with van der Waals surface area (Å²) in [4.78, 5) is 30.0. The van der Waals surface area contributed by atoms with Gasteiger partial charge < -0.3 is 15.0 Å². The van der Waals surface area contributed by atoms with Crippen molar-refractivity contribution in [1.82, 2.24) is 19.9 Å². The smallest absolute Gasteiger partial charge is 0.356 e. The molecule has 0 aromatic carbocycles. The second-order valence-electron chi connectivity index (χ2n) is 5.25. The van der Waals surface area contributed by atoms with Crippen LogP contribution in [-0.2, 0) is 4.74 Å². The van der Waals surface area contributed by atoms with Gasteiger partial charge in [-0.1, -0.05) is 0 Å². The van der Waals surface area contributed by atoms with Gasteiger partial charge in [-0.25, -0.2) is 24.7 Å². The molecule has 0 saturated carbocycles. The van der Waals surface area contributed by atoms with Crippen LogP contribution in [-0.4, -0.2) is 52.1 Å². The lowest BCUT2D eigenvalue weighted by atomic mass is 10.1. The second kappa shape index (κ2) is 6.99. The van der Waals surface area contributed by atoms with E-state index in [1.54, 1.807) is 18.6 Å². The summed E-state index contributed by atoms with van der Waals surface area (Å²) in [6.07, 6.45) is 6.60. The number of nitrogens with zero attached hydrogens (tertiary/aromatic N) is 5. The number of aromatic nitrogens is 4. The van der Waals surface area contributed by atoms with Crippen molar-refractivity contribution in [2.45, 2.75) is 18.9 Å². The van der Waals surface area contributed by atoms with Crippen molar-refractivity contribution in [2.75, 3.05) is 30.4 Å². The average Bonchev–Trinajstić information content (AvgIpc) is 2.62. The summed E-state index contributed by atoms with van der Waals surface area (Å²) in [6, 6.07) is 3.83. The van der Waals surface area contributed by atoms with Gasteiger partial charge in [0, 0.05) is 31.4 Å². The number of hydrogen-bond acceptors (Lipinski definition) is 8. The Kier molecular flexibility index (Phi) is 4.60. The summed E-state index contributed by atoms with van der Waals surface area (Å²) in [7, 11) is 1.33. The van der Waals surface area contributed by atoms with Crippen LogP contribution in [0.3, 0.4) is 0 Å². The van der Waals surface area contributed by atoms with Crippen molar-refractivity contribution < 1.29 is 9.53 Å². The van der Waals surface area contributed by atoms with E-state index in [-0.39, 0.29) is 5.69 Å². The fourth-order valence-electron chi connectivity index (χ4n) is 2.59. The zero-order valence-corrected chi connectivity index (χ0v) is 12.8. The van der Waals surface area contributed by atoms with Crippen LogP contribution >= 0.6 is 0 Å². The van der Waals surface area contributed by atoms with Gasteiger partial charge >= 0.3 is 5.97 Å². The maximum Gasteiger partial charge on any atom is 0.356 e. The van der Waals surface area contributed by atoms with Crippen LogP contribution in [0.1, 0.15) is 23.3 Å². The van der Waals surface area contributed by atoms with E-state index in [1.807, 2.05) is 6.07 Å². The lowest BCUT2D eigenvalue weighted by Crippen LogP contribution is -2.39. The zero-order chi connectivity index (χ0) is 16.1. The van der Waals surface area contributed by atoms with Crippen molar-refractivity contribution in [1.29, 1.82) is 0 Å². The molecule has 3 heterocycles. The fraction of sp³-hybridized carbons (Fsp3) is 0.400. The molecule has 0 amide bonds. The number of rotatable bonds is 4. The van der Waals surface area contributed by atoms with E-state index in [4.69, 9.17) is 0 Å². The molecule has 2 aromatic rings. The molecule has 1 saturated heterocycles. The van der Waals surface area contributed by atoms with Crippen molar-refractivity contribution >= 4 is 17.6 Å². The van der Waals surface area contributed by atoms with Gasteiger partial charge in [0.15, 0.2) is 5.69 Å². The number of hydrogen-bond donors (Lipinski definition) is 1. The number of methoxy groups -OCH3 is 1. The lowest BCUT2D eigenvalue weighted by molar-refractivity contribution is 0.0594. The monoisotopic (exact) mass is 314 g/mol. The minimum atomic E-state index is -0.464. The van der Waals surface area contributed by atoms with Gasteiger partial charge in [0.2, 0.25) is 0 Å². The van der Waals surface area contributed by atoms with E-state index in [2.05, 4.69) is 34.9 Å². The maximum atomic E-state index is 11.5. The minimum absolute atomic E-state index is 0.253. The molecule has 8 nitrogen and oxygen atoms in total. The molecule has 1 fully saturated rings. The Labute approximate surface area is 134 Å². The minimum Gasteiger partial charge on any atom is -0.464 e. The largest absolute Gasteiger partial charge is 0.464 e. The number of esters is 1. The third-order valence-electron chi connectivity index (χ3n) is 3.80. The van der Waals surface area contributed by atoms with Gasteiger partial charge in [-0.05, 0) is 18.9 Å². The van der Waals surface area contributed by atoms with Crippen molar-refractivity contribution in [3.8, 4) is 0 Å². The molecule has 0 bridgehead atoms. The average molecular weight is 314 g/mol. The first-order chi connectivity index (χ1) is 11.3.